The predicted molar refractivity (Wildman–Crippen MR) is 215 cm³/mol. The summed E-state index contributed by atoms with van der Waals surface area (Å²) in [7, 11) is 3.61. The largest absolute Gasteiger partial charge is 0.507 e. The topological polar surface area (TPSA) is 247 Å². The van der Waals surface area contributed by atoms with Gasteiger partial charge in [0.2, 0.25) is 17.3 Å². The third-order valence-electron chi connectivity index (χ3n) is 12.2. The molecule has 4 aromatic rings. The Kier molecular flexibility index (Phi) is 10.3. The highest BCUT2D eigenvalue weighted by Crippen LogP contribution is 2.56. The van der Waals surface area contributed by atoms with Crippen LogP contribution >= 0.6 is 0 Å². The summed E-state index contributed by atoms with van der Waals surface area (Å²) in [4.78, 5) is 71.5. The normalized spacial score (nSPS) is 28.0. The van der Waals surface area contributed by atoms with Gasteiger partial charge in [-0.15, -0.1) is 0 Å². The van der Waals surface area contributed by atoms with Crippen molar-refractivity contribution >= 4 is 34.7 Å². The van der Waals surface area contributed by atoms with Crippen molar-refractivity contribution in [2.75, 3.05) is 26.6 Å². The number of aryl methyl sites for hydroxylation is 1. The number of ether oxygens (including phenoxy) is 4. The lowest BCUT2D eigenvalue weighted by Crippen LogP contribution is -2.73. The van der Waals surface area contributed by atoms with E-state index >= 15 is 0 Å². The molecular formula is C45H42N2O14. The van der Waals surface area contributed by atoms with Crippen molar-refractivity contribution in [1.29, 1.82) is 0 Å². The van der Waals surface area contributed by atoms with Gasteiger partial charge in [-0.1, -0.05) is 48.5 Å². The van der Waals surface area contributed by atoms with E-state index < -0.39 is 123 Å². The maximum Gasteiger partial charge on any atom is 0.259 e. The number of rotatable bonds is 8. The number of carbonyl (C=O) groups is 5. The Hall–Kier alpha value is -6.11. The monoisotopic (exact) mass is 834 g/mol. The number of allylic oxidation sites excluding steroid dienone is 2. The van der Waals surface area contributed by atoms with Gasteiger partial charge in [0.05, 0.1) is 34.6 Å². The molecule has 1 aliphatic heterocycles. The molecule has 1 fully saturated rings. The van der Waals surface area contributed by atoms with E-state index in [1.807, 2.05) is 30.3 Å². The Bertz CT molecular complexity index is 2570. The highest BCUT2D eigenvalue weighted by atomic mass is 16.6. The number of aromatic hydroxyl groups is 2. The van der Waals surface area contributed by atoms with E-state index in [-0.39, 0.29) is 22.4 Å². The summed E-state index contributed by atoms with van der Waals surface area (Å²) in [5, 5.41) is 64.5. The van der Waals surface area contributed by atoms with Crippen LogP contribution in [0.5, 0.6) is 11.5 Å². The summed E-state index contributed by atoms with van der Waals surface area (Å²) >= 11 is 0. The molecule has 316 valence electrons. The van der Waals surface area contributed by atoms with E-state index in [2.05, 4.69) is 10.6 Å². The number of amides is 1. The van der Waals surface area contributed by atoms with Crippen molar-refractivity contribution in [2.24, 2.45) is 0 Å². The molecule has 16 heteroatoms. The number of phenols is 2. The number of nitrogens with one attached hydrogen (secondary N) is 2. The second-order valence-electron chi connectivity index (χ2n) is 15.5. The molecule has 3 aliphatic carbocycles. The molecule has 0 saturated carbocycles. The summed E-state index contributed by atoms with van der Waals surface area (Å²) in [6.07, 6.45) is -6.64. The first-order valence-corrected chi connectivity index (χ1v) is 19.3. The molecule has 4 unspecified atom stereocenters. The van der Waals surface area contributed by atoms with Crippen molar-refractivity contribution < 1.29 is 68.5 Å². The van der Waals surface area contributed by atoms with Crippen molar-refractivity contribution in [3.8, 4) is 22.6 Å². The Balaban J connectivity index is 1.20. The molecule has 1 amide bonds. The van der Waals surface area contributed by atoms with Crippen molar-refractivity contribution in [2.45, 2.75) is 68.2 Å². The Morgan fingerprint density at radius 2 is 1.49 bits per heavy atom. The Morgan fingerprint density at radius 1 is 0.836 bits per heavy atom. The lowest BCUT2D eigenvalue weighted by Gasteiger charge is -2.53. The fourth-order valence-electron chi connectivity index (χ4n) is 9.35. The van der Waals surface area contributed by atoms with Gasteiger partial charge in [0, 0.05) is 56.2 Å². The van der Waals surface area contributed by atoms with Crippen LogP contribution < -0.4 is 10.6 Å². The third kappa shape index (κ3) is 5.97. The first kappa shape index (κ1) is 41.6. The van der Waals surface area contributed by atoms with E-state index in [1.165, 1.54) is 27.2 Å². The average Bonchev–Trinajstić information content (AvgIpc) is 3.22. The minimum atomic E-state index is -3.27. The quantitative estimate of drug-likeness (QED) is 0.135. The molecule has 0 spiro atoms. The molecule has 4 aromatic carbocycles. The number of carbonyl (C=O) groups excluding carboxylic acids is 5. The molecular weight excluding hydrogens is 792 g/mol. The number of Topliss-reactive ketones (excluding diaryl/α,β-unsaturated/α-hetero) is 3. The van der Waals surface area contributed by atoms with Crippen LogP contribution in [0, 0.1) is 6.92 Å². The van der Waals surface area contributed by atoms with Crippen LogP contribution in [0.1, 0.15) is 75.4 Å². The number of methoxy groups -OCH3 is 3. The lowest BCUT2D eigenvalue weighted by atomic mass is 9.56. The molecule has 0 bridgehead atoms. The van der Waals surface area contributed by atoms with E-state index in [0.29, 0.717) is 5.69 Å². The van der Waals surface area contributed by atoms with Crippen LogP contribution in [-0.4, -0.2) is 118 Å². The number of hydrogen-bond acceptors (Lipinski definition) is 15. The molecule has 4 aliphatic rings. The molecule has 0 aromatic heterocycles. The van der Waals surface area contributed by atoms with Gasteiger partial charge in [-0.2, -0.15) is 0 Å². The highest BCUT2D eigenvalue weighted by molar-refractivity contribution is 6.31. The number of aliphatic hydroxyl groups is 3. The zero-order valence-corrected chi connectivity index (χ0v) is 33.5. The number of hydrogen-bond donors (Lipinski definition) is 7. The molecule has 16 nitrogen and oxygen atoms in total. The second kappa shape index (κ2) is 15.1. The van der Waals surface area contributed by atoms with E-state index in [9.17, 15) is 49.5 Å². The molecule has 1 heterocycles. The fraction of sp³-hybridized carbons (Fsp3) is 0.311. The van der Waals surface area contributed by atoms with E-state index in [1.54, 1.807) is 31.2 Å². The summed E-state index contributed by atoms with van der Waals surface area (Å²) in [6.45, 7) is 3.12. The first-order chi connectivity index (χ1) is 29.0. The zero-order chi connectivity index (χ0) is 43.9. The SMILES string of the molecule is CO[C@@H]1[C@@H](O)[C@@H](OC)C(NC2=CC(=O)c3c(cc4c(c3O)C(=O)C3(OC)C(O)Cc5cc(C)c(C(=O)Nc6ccc(-c7ccccc7)cc6)c(O)c5C3(O)C4=O)C2=O)O[C@H]1C. The van der Waals surface area contributed by atoms with Crippen LogP contribution in [0.25, 0.3) is 11.1 Å². The van der Waals surface area contributed by atoms with Gasteiger partial charge in [-0.05, 0) is 54.3 Å². The predicted octanol–water partition coefficient (Wildman–Crippen LogP) is 2.88. The molecule has 61 heavy (non-hydrogen) atoms. The maximum atomic E-state index is 15.0. The third-order valence-corrected chi connectivity index (χ3v) is 12.2. The molecule has 7 N–H and O–H groups in total. The highest BCUT2D eigenvalue weighted by Gasteiger charge is 2.72. The van der Waals surface area contributed by atoms with E-state index in [4.69, 9.17) is 18.9 Å². The second-order valence-corrected chi connectivity index (χ2v) is 15.5. The first-order valence-electron chi connectivity index (χ1n) is 19.3. The van der Waals surface area contributed by atoms with E-state index in [0.717, 1.165) is 30.4 Å². The zero-order valence-electron chi connectivity index (χ0n) is 33.5. The number of ketones is 4. The summed E-state index contributed by atoms with van der Waals surface area (Å²) in [5.41, 5.74) is -7.93. The number of anilines is 1. The van der Waals surface area contributed by atoms with Gasteiger partial charge in [-0.3, -0.25) is 24.0 Å². The van der Waals surface area contributed by atoms with Crippen molar-refractivity contribution in [3.63, 3.8) is 0 Å². The van der Waals surface area contributed by atoms with Gasteiger partial charge in [0.15, 0.2) is 23.2 Å². The molecule has 8 atom stereocenters. The smallest absolute Gasteiger partial charge is 0.259 e. The number of phenolic OH excluding ortho intramolecular Hbond substituents is 2. The minimum Gasteiger partial charge on any atom is -0.507 e. The van der Waals surface area contributed by atoms with Gasteiger partial charge in [0.1, 0.15) is 29.8 Å². The maximum absolute atomic E-state index is 15.0. The molecule has 0 radical (unpaired) electrons. The molecule has 8 rings (SSSR count). The van der Waals surface area contributed by atoms with Gasteiger partial charge < -0.3 is 55.1 Å². The minimum absolute atomic E-state index is 0.00111. The fourth-order valence-corrected chi connectivity index (χ4v) is 9.35. The van der Waals surface area contributed by atoms with Crippen LogP contribution in [0.15, 0.2) is 78.5 Å². The summed E-state index contributed by atoms with van der Waals surface area (Å²) < 4.78 is 22.3. The van der Waals surface area contributed by atoms with Gasteiger partial charge in [-0.25, -0.2) is 0 Å². The van der Waals surface area contributed by atoms with Crippen LogP contribution in [0.3, 0.4) is 0 Å². The summed E-state index contributed by atoms with van der Waals surface area (Å²) in [5.74, 6) is -7.45. The number of aliphatic hydroxyl groups excluding tert-OH is 2. The average molecular weight is 835 g/mol. The van der Waals surface area contributed by atoms with Crippen LogP contribution in [-0.2, 0) is 31.0 Å². The number of benzene rings is 4. The standard InChI is InChI=1S/C45H42N2O14/c1-19-15-23-16-29(49)45(60-5)41(55)32-26(17-25-31(35(32)51)28(48)18-27(34(25)50)47-43-39(59-4)37(53)38(58-3)20(2)61-43)40(54)44(45,57)33(23)36(52)30(19)42(56)46-24-13-11-22(12-14-24)21-9-7-6-8-10-21/h6-15,17-18,20,29,37-39,43,47,49,51-53,57H,16H2,1-5H3,(H,46,56)/t20-,29?,37+,38-,39+,43?,44?,45?/m0/s1. The van der Waals surface area contributed by atoms with Crippen molar-refractivity contribution in [1.82, 2.24) is 5.32 Å². The van der Waals surface area contributed by atoms with Crippen molar-refractivity contribution in [3.05, 3.63) is 123 Å². The van der Waals surface area contributed by atoms with Gasteiger partial charge >= 0.3 is 0 Å². The summed E-state index contributed by atoms with van der Waals surface area (Å²) in [6, 6.07) is 18.6. The van der Waals surface area contributed by atoms with Gasteiger partial charge in [0.25, 0.3) is 5.91 Å². The van der Waals surface area contributed by atoms with Crippen LogP contribution in [0.4, 0.5) is 5.69 Å². The molecule has 1 saturated heterocycles. The number of fused-ring (bicyclic) bond motifs is 5. The lowest BCUT2D eigenvalue weighted by molar-refractivity contribution is -0.236. The Labute approximate surface area is 348 Å². The van der Waals surface area contributed by atoms with Crippen LogP contribution in [0.2, 0.25) is 0 Å². The Morgan fingerprint density at radius 3 is 2.13 bits per heavy atom.